The Morgan fingerprint density at radius 3 is 1.57 bits per heavy atom. The number of benzene rings is 3. The van der Waals surface area contributed by atoms with Crippen molar-refractivity contribution in [1.82, 2.24) is 0 Å². The van der Waals surface area contributed by atoms with Gasteiger partial charge in [-0.3, -0.25) is 4.57 Å². The molecule has 0 N–H and O–H groups in total. The Labute approximate surface area is 219 Å². The predicted molar refractivity (Wildman–Crippen MR) is 143 cm³/mol. The summed E-state index contributed by atoms with van der Waals surface area (Å²) in [6, 6.07) is 29.0. The minimum atomic E-state index is -3.63. The number of hydrogen-bond donors (Lipinski definition) is 0. The third-order valence-electron chi connectivity index (χ3n) is 6.28. The summed E-state index contributed by atoms with van der Waals surface area (Å²) in [5.74, 6) is -1.51. The average Bonchev–Trinajstić information content (AvgIpc) is 3.40. The van der Waals surface area contributed by atoms with Crippen LogP contribution in [0.1, 0.15) is 50.8 Å². The lowest BCUT2D eigenvalue weighted by Crippen LogP contribution is -2.38. The number of ether oxygens (including phenoxy) is 2. The lowest BCUT2D eigenvalue weighted by molar-refractivity contribution is -0.141. The van der Waals surface area contributed by atoms with Gasteiger partial charge in [0.1, 0.15) is 5.60 Å². The second-order valence-corrected chi connectivity index (χ2v) is 12.0. The Bertz CT molecular complexity index is 1050. The van der Waals surface area contributed by atoms with Crippen LogP contribution in [0.25, 0.3) is 0 Å². The van der Waals surface area contributed by atoms with E-state index in [9.17, 15) is 4.57 Å². The van der Waals surface area contributed by atoms with Crippen molar-refractivity contribution in [2.45, 2.75) is 64.1 Å². The molecule has 3 atom stereocenters. The Morgan fingerprint density at radius 1 is 0.784 bits per heavy atom. The summed E-state index contributed by atoms with van der Waals surface area (Å²) in [6.07, 6.45) is -2.21. The Morgan fingerprint density at radius 2 is 1.19 bits per heavy atom. The summed E-state index contributed by atoms with van der Waals surface area (Å²) in [7, 11) is -3.63. The standard InChI is InChI=1S/C30H36FO5P/c1-22(2)35-37(32,36-23(3)4)28-20-24(21-33-28)29(31)34-30(25-14-8-5-9-15-25,26-16-10-6-11-17-26)27-18-12-7-13-19-27/h5-19,22-24,28-29H,20-21H2,1-4H3/t24-,28-,29?/m0/s1. The van der Waals surface area contributed by atoms with Crippen LogP contribution in [0.15, 0.2) is 91.0 Å². The summed E-state index contributed by atoms with van der Waals surface area (Å²) in [5, 5.41) is 0. The van der Waals surface area contributed by atoms with Gasteiger partial charge in [-0.2, -0.15) is 0 Å². The predicted octanol–water partition coefficient (Wildman–Crippen LogP) is 7.70. The molecule has 0 aliphatic carbocycles. The summed E-state index contributed by atoms with van der Waals surface area (Å²) >= 11 is 0. The molecule has 0 radical (unpaired) electrons. The molecule has 7 heteroatoms. The molecule has 1 aliphatic rings. The highest BCUT2D eigenvalue weighted by molar-refractivity contribution is 7.54. The first kappa shape index (κ1) is 27.7. The molecule has 0 amide bonds. The zero-order valence-electron chi connectivity index (χ0n) is 21.8. The third kappa shape index (κ3) is 6.22. The monoisotopic (exact) mass is 526 g/mol. The maximum Gasteiger partial charge on any atom is 0.359 e. The largest absolute Gasteiger partial charge is 0.365 e. The van der Waals surface area contributed by atoms with Crippen LogP contribution >= 0.6 is 7.60 Å². The SMILES string of the molecule is CC(C)OP(=O)(OC(C)C)[C@H]1C[C@H](C(F)OC(c2ccccc2)(c2ccccc2)c2ccccc2)CO1. The molecule has 198 valence electrons. The minimum Gasteiger partial charge on any atom is -0.365 e. The van der Waals surface area contributed by atoms with E-state index in [0.29, 0.717) is 0 Å². The summed E-state index contributed by atoms with van der Waals surface area (Å²) in [5.41, 5.74) is 1.22. The van der Waals surface area contributed by atoms with Gasteiger partial charge in [0.15, 0.2) is 5.85 Å². The summed E-state index contributed by atoms with van der Waals surface area (Å²) in [6.45, 7) is 7.21. The fourth-order valence-electron chi connectivity index (χ4n) is 4.77. The normalized spacial score (nSPS) is 19.4. The van der Waals surface area contributed by atoms with E-state index in [1.165, 1.54) is 0 Å². The van der Waals surface area contributed by atoms with Gasteiger partial charge in [-0.05, 0) is 50.8 Å². The summed E-state index contributed by atoms with van der Waals surface area (Å²) < 4.78 is 53.7. The number of alkyl halides is 1. The molecule has 0 bridgehead atoms. The Balaban J connectivity index is 1.69. The molecule has 1 saturated heterocycles. The zero-order chi connectivity index (χ0) is 26.5. The van der Waals surface area contributed by atoms with E-state index >= 15 is 4.39 Å². The van der Waals surface area contributed by atoms with Gasteiger partial charge in [0.25, 0.3) is 0 Å². The van der Waals surface area contributed by atoms with Gasteiger partial charge in [0, 0.05) is 5.92 Å². The molecule has 0 saturated carbocycles. The fourth-order valence-corrected chi connectivity index (χ4v) is 7.06. The van der Waals surface area contributed by atoms with Crippen LogP contribution in [0.5, 0.6) is 0 Å². The first-order valence-electron chi connectivity index (χ1n) is 12.8. The molecular formula is C30H36FO5P. The van der Waals surface area contributed by atoms with E-state index < -0.39 is 31.3 Å². The van der Waals surface area contributed by atoms with Crippen molar-refractivity contribution in [2.75, 3.05) is 6.61 Å². The lowest BCUT2D eigenvalue weighted by atomic mass is 9.80. The maximum atomic E-state index is 16.3. The van der Waals surface area contributed by atoms with E-state index in [2.05, 4.69) is 0 Å². The van der Waals surface area contributed by atoms with Crippen LogP contribution in [0.4, 0.5) is 4.39 Å². The van der Waals surface area contributed by atoms with Gasteiger partial charge in [-0.25, -0.2) is 4.39 Å². The van der Waals surface area contributed by atoms with Gasteiger partial charge in [0.2, 0.25) is 6.36 Å². The second kappa shape index (κ2) is 12.0. The highest BCUT2D eigenvalue weighted by atomic mass is 31.2. The molecule has 1 aliphatic heterocycles. The van der Waals surface area contributed by atoms with E-state index in [-0.39, 0.29) is 25.2 Å². The van der Waals surface area contributed by atoms with Crippen molar-refractivity contribution >= 4 is 7.60 Å². The van der Waals surface area contributed by atoms with E-state index in [1.807, 2.05) is 91.0 Å². The van der Waals surface area contributed by atoms with Crippen LogP contribution in [0.3, 0.4) is 0 Å². The molecule has 4 rings (SSSR count). The van der Waals surface area contributed by atoms with Gasteiger partial charge >= 0.3 is 7.60 Å². The third-order valence-corrected chi connectivity index (χ3v) is 8.77. The van der Waals surface area contributed by atoms with Crippen LogP contribution < -0.4 is 0 Å². The van der Waals surface area contributed by atoms with Crippen LogP contribution in [-0.2, 0) is 28.7 Å². The van der Waals surface area contributed by atoms with E-state index in [1.54, 1.807) is 27.7 Å². The van der Waals surface area contributed by atoms with Crippen molar-refractivity contribution in [3.05, 3.63) is 108 Å². The van der Waals surface area contributed by atoms with E-state index in [0.717, 1.165) is 16.7 Å². The molecule has 37 heavy (non-hydrogen) atoms. The highest BCUT2D eigenvalue weighted by Gasteiger charge is 2.49. The van der Waals surface area contributed by atoms with Gasteiger partial charge in [0.05, 0.1) is 18.8 Å². The van der Waals surface area contributed by atoms with Gasteiger partial charge in [-0.1, -0.05) is 91.0 Å². The quantitative estimate of drug-likeness (QED) is 0.189. The first-order valence-corrected chi connectivity index (χ1v) is 14.4. The van der Waals surface area contributed by atoms with E-state index in [4.69, 9.17) is 18.5 Å². The molecular weight excluding hydrogens is 490 g/mol. The molecule has 3 aromatic rings. The average molecular weight is 527 g/mol. The molecule has 0 aromatic heterocycles. The number of halogens is 1. The summed E-state index contributed by atoms with van der Waals surface area (Å²) in [4.78, 5) is 0. The van der Waals surface area contributed by atoms with Crippen LogP contribution in [0, 0.1) is 5.92 Å². The smallest absolute Gasteiger partial charge is 0.359 e. The van der Waals surface area contributed by atoms with Crippen molar-refractivity contribution in [2.24, 2.45) is 5.92 Å². The molecule has 1 heterocycles. The molecule has 5 nitrogen and oxygen atoms in total. The van der Waals surface area contributed by atoms with Gasteiger partial charge < -0.3 is 18.5 Å². The van der Waals surface area contributed by atoms with Crippen LogP contribution in [0.2, 0.25) is 0 Å². The van der Waals surface area contributed by atoms with Crippen molar-refractivity contribution in [1.29, 1.82) is 0 Å². The maximum absolute atomic E-state index is 16.3. The first-order chi connectivity index (χ1) is 17.7. The van der Waals surface area contributed by atoms with Crippen molar-refractivity contribution in [3.8, 4) is 0 Å². The number of rotatable bonds is 11. The molecule has 1 unspecified atom stereocenters. The zero-order valence-corrected chi connectivity index (χ0v) is 22.7. The number of hydrogen-bond acceptors (Lipinski definition) is 5. The molecule has 3 aromatic carbocycles. The van der Waals surface area contributed by atoms with Crippen molar-refractivity contribution < 1.29 is 27.5 Å². The Hall–Kier alpha value is -2.34. The molecule has 0 spiro atoms. The second-order valence-electron chi connectivity index (χ2n) is 9.88. The highest BCUT2D eigenvalue weighted by Crippen LogP contribution is 2.59. The van der Waals surface area contributed by atoms with Crippen molar-refractivity contribution in [3.63, 3.8) is 0 Å². The Kier molecular flexibility index (Phi) is 8.99. The molecule has 1 fully saturated rings. The van der Waals surface area contributed by atoms with Crippen LogP contribution in [-0.4, -0.2) is 31.0 Å². The lowest BCUT2D eigenvalue weighted by Gasteiger charge is -2.38. The minimum absolute atomic E-state index is 0.0488. The topological polar surface area (TPSA) is 54.0 Å². The van der Waals surface area contributed by atoms with Gasteiger partial charge in [-0.15, -0.1) is 0 Å². The fraction of sp³-hybridized carbons (Fsp3) is 0.400.